The summed E-state index contributed by atoms with van der Waals surface area (Å²) in [6.45, 7) is 5.32. The lowest BCUT2D eigenvalue weighted by atomic mass is 10.0. The third kappa shape index (κ3) is 9.08. The molecule has 0 aromatic carbocycles. The standard InChI is InChI=1S/C22H31NO14S/c1-10(24)23-16(22(30)32-7)9-38(31)21(23)20(37-15(6)29)19(36-14(5)28)18(35-13(4)27)17(34-12(3)26)8-33-11(2)25/h16-21H,8-9H2,1-7H3/t16-,17+,18-,19-,20+,21+,38?/m0/s1. The smallest absolute Gasteiger partial charge is 0.329 e. The molecule has 1 amide bonds. The predicted molar refractivity (Wildman–Crippen MR) is 124 cm³/mol. The Hall–Kier alpha value is -3.56. The normalized spacial score (nSPS) is 21.7. The van der Waals surface area contributed by atoms with E-state index >= 15 is 0 Å². The SMILES string of the molecule is COC(=O)[C@@H]1CS(=O)[C@H]([C@H](OC(C)=O)[C@@H](OC(C)=O)[C@@H](OC(C)=O)[C@@H](COC(C)=O)OC(C)=O)N1C(C)=O. The highest BCUT2D eigenvalue weighted by atomic mass is 32.2. The largest absolute Gasteiger partial charge is 0.467 e. The van der Waals surface area contributed by atoms with E-state index in [-0.39, 0.29) is 0 Å². The van der Waals surface area contributed by atoms with Crippen molar-refractivity contribution in [2.45, 2.75) is 77.4 Å². The van der Waals surface area contributed by atoms with E-state index in [1.165, 1.54) is 0 Å². The minimum atomic E-state index is -2.11. The molecule has 38 heavy (non-hydrogen) atoms. The summed E-state index contributed by atoms with van der Waals surface area (Å²) in [6.07, 6.45) is -7.10. The molecular formula is C22H31NO14S. The van der Waals surface area contributed by atoms with Gasteiger partial charge in [0.25, 0.3) is 0 Å². The van der Waals surface area contributed by atoms with Crippen LogP contribution in [0, 0.1) is 0 Å². The van der Waals surface area contributed by atoms with Gasteiger partial charge >= 0.3 is 35.8 Å². The number of rotatable bonds is 11. The highest BCUT2D eigenvalue weighted by Crippen LogP contribution is 2.31. The molecule has 15 nitrogen and oxygen atoms in total. The van der Waals surface area contributed by atoms with Crippen LogP contribution in [0.4, 0.5) is 0 Å². The summed E-state index contributed by atoms with van der Waals surface area (Å²) in [5.74, 6) is -6.77. The number of carbonyl (C=O) groups is 7. The summed E-state index contributed by atoms with van der Waals surface area (Å²) < 4.78 is 44.0. The molecule has 1 fully saturated rings. The monoisotopic (exact) mass is 565 g/mol. The van der Waals surface area contributed by atoms with Crippen LogP contribution in [0.5, 0.6) is 0 Å². The predicted octanol–water partition coefficient (Wildman–Crippen LogP) is -1.25. The van der Waals surface area contributed by atoms with Crippen molar-refractivity contribution in [3.63, 3.8) is 0 Å². The van der Waals surface area contributed by atoms with Gasteiger partial charge in [-0.3, -0.25) is 33.0 Å². The zero-order valence-corrected chi connectivity index (χ0v) is 22.8. The molecule has 0 spiro atoms. The molecule has 0 saturated carbocycles. The molecule has 7 atom stereocenters. The van der Waals surface area contributed by atoms with Crippen LogP contribution in [-0.4, -0.2) is 106 Å². The van der Waals surface area contributed by atoms with Gasteiger partial charge in [0.1, 0.15) is 18.0 Å². The minimum absolute atomic E-state index is 0.416. The van der Waals surface area contributed by atoms with Gasteiger partial charge in [-0.25, -0.2) is 4.79 Å². The highest BCUT2D eigenvalue weighted by molar-refractivity contribution is 7.86. The van der Waals surface area contributed by atoms with Crippen molar-refractivity contribution >= 4 is 52.5 Å². The van der Waals surface area contributed by atoms with E-state index < -0.39 is 101 Å². The molecular weight excluding hydrogens is 534 g/mol. The second-order valence-electron chi connectivity index (χ2n) is 8.08. The Morgan fingerprint density at radius 2 is 1.26 bits per heavy atom. The Morgan fingerprint density at radius 1 is 0.763 bits per heavy atom. The molecule has 1 unspecified atom stereocenters. The number of ether oxygens (including phenoxy) is 6. The van der Waals surface area contributed by atoms with E-state index in [9.17, 15) is 37.8 Å². The first-order valence-electron chi connectivity index (χ1n) is 11.2. The molecule has 0 bridgehead atoms. The third-order valence-electron chi connectivity index (χ3n) is 5.01. The molecule has 214 valence electrons. The quantitative estimate of drug-likeness (QED) is 0.213. The molecule has 0 radical (unpaired) electrons. The van der Waals surface area contributed by atoms with Crippen LogP contribution in [-0.2, 0) is 72.8 Å². The van der Waals surface area contributed by atoms with Crippen LogP contribution in [0.25, 0.3) is 0 Å². The van der Waals surface area contributed by atoms with E-state index in [1.54, 1.807) is 0 Å². The number of nitrogens with zero attached hydrogens (tertiary/aromatic N) is 1. The van der Waals surface area contributed by atoms with E-state index in [0.717, 1.165) is 53.6 Å². The molecule has 1 rings (SSSR count). The zero-order valence-electron chi connectivity index (χ0n) is 21.9. The van der Waals surface area contributed by atoms with Crippen LogP contribution in [0.3, 0.4) is 0 Å². The lowest BCUT2D eigenvalue weighted by Crippen LogP contribution is -2.60. The fraction of sp³-hybridized carbons (Fsp3) is 0.682. The number of esters is 6. The van der Waals surface area contributed by atoms with E-state index in [0.29, 0.717) is 0 Å². The molecule has 0 aromatic rings. The van der Waals surface area contributed by atoms with Crippen LogP contribution in [0.1, 0.15) is 41.5 Å². The Bertz CT molecular complexity index is 981. The van der Waals surface area contributed by atoms with Crippen molar-refractivity contribution in [2.75, 3.05) is 19.5 Å². The van der Waals surface area contributed by atoms with Crippen molar-refractivity contribution in [1.82, 2.24) is 4.90 Å². The number of carbonyl (C=O) groups excluding carboxylic acids is 7. The van der Waals surface area contributed by atoms with Gasteiger partial charge in [0.15, 0.2) is 24.4 Å². The number of methoxy groups -OCH3 is 1. The third-order valence-corrected chi connectivity index (χ3v) is 6.69. The molecule has 0 aromatic heterocycles. The van der Waals surface area contributed by atoms with Crippen molar-refractivity contribution in [2.24, 2.45) is 0 Å². The topological polar surface area (TPSA) is 195 Å². The fourth-order valence-electron chi connectivity index (χ4n) is 3.81. The lowest BCUT2D eigenvalue weighted by Gasteiger charge is -2.39. The summed E-state index contributed by atoms with van der Waals surface area (Å²) in [7, 11) is -1.05. The van der Waals surface area contributed by atoms with E-state index in [4.69, 9.17) is 28.4 Å². The summed E-state index contributed by atoms with van der Waals surface area (Å²) in [5.41, 5.74) is 0. The van der Waals surface area contributed by atoms with Gasteiger partial charge in [-0.05, 0) is 0 Å². The Morgan fingerprint density at radius 3 is 1.68 bits per heavy atom. The maximum atomic E-state index is 13.3. The maximum absolute atomic E-state index is 13.3. The summed E-state index contributed by atoms with van der Waals surface area (Å²) in [5, 5.41) is -1.60. The maximum Gasteiger partial charge on any atom is 0.329 e. The number of amides is 1. The van der Waals surface area contributed by atoms with Gasteiger partial charge in [-0.2, -0.15) is 0 Å². The molecule has 0 N–H and O–H groups in total. The fourth-order valence-corrected chi connectivity index (χ4v) is 5.67. The molecule has 1 saturated heterocycles. The van der Waals surface area contributed by atoms with Gasteiger partial charge in [-0.1, -0.05) is 0 Å². The number of hydrogen-bond acceptors (Lipinski definition) is 14. The molecule has 1 aliphatic heterocycles. The van der Waals surface area contributed by atoms with Gasteiger partial charge in [0, 0.05) is 41.5 Å². The van der Waals surface area contributed by atoms with E-state index in [2.05, 4.69) is 0 Å². The van der Waals surface area contributed by atoms with Crippen molar-refractivity contribution in [1.29, 1.82) is 0 Å². The van der Waals surface area contributed by atoms with Crippen molar-refractivity contribution in [3.8, 4) is 0 Å². The van der Waals surface area contributed by atoms with Gasteiger partial charge in [0.2, 0.25) is 5.91 Å². The first-order chi connectivity index (χ1) is 17.6. The molecule has 1 aliphatic rings. The summed E-state index contributed by atoms with van der Waals surface area (Å²) >= 11 is 0. The van der Waals surface area contributed by atoms with Gasteiger partial charge < -0.3 is 33.3 Å². The molecule has 1 heterocycles. The Labute approximate surface area is 220 Å². The van der Waals surface area contributed by atoms with Gasteiger partial charge in [-0.15, -0.1) is 0 Å². The molecule has 16 heteroatoms. The van der Waals surface area contributed by atoms with Crippen LogP contribution < -0.4 is 0 Å². The second kappa shape index (κ2) is 14.4. The van der Waals surface area contributed by atoms with Gasteiger partial charge in [0.05, 0.1) is 23.7 Å². The molecule has 0 aliphatic carbocycles. The van der Waals surface area contributed by atoms with Crippen molar-refractivity contribution < 1.29 is 66.2 Å². The summed E-state index contributed by atoms with van der Waals surface area (Å²) in [4.78, 5) is 85.4. The number of hydrogen-bond donors (Lipinski definition) is 0. The first kappa shape index (κ1) is 32.5. The highest BCUT2D eigenvalue weighted by Gasteiger charge is 2.56. The van der Waals surface area contributed by atoms with Crippen LogP contribution in [0.15, 0.2) is 0 Å². The van der Waals surface area contributed by atoms with Crippen LogP contribution >= 0.6 is 0 Å². The average Bonchev–Trinajstić information content (AvgIpc) is 3.13. The first-order valence-corrected chi connectivity index (χ1v) is 12.5. The minimum Gasteiger partial charge on any atom is -0.467 e. The average molecular weight is 566 g/mol. The van der Waals surface area contributed by atoms with Crippen molar-refractivity contribution in [3.05, 3.63) is 0 Å². The lowest BCUT2D eigenvalue weighted by molar-refractivity contribution is -0.205. The summed E-state index contributed by atoms with van der Waals surface area (Å²) in [6, 6.07) is -1.35. The van der Waals surface area contributed by atoms with Crippen LogP contribution in [0.2, 0.25) is 0 Å². The zero-order chi connectivity index (χ0) is 29.3. The second-order valence-corrected chi connectivity index (χ2v) is 9.65. The Balaban J connectivity index is 3.81. The van der Waals surface area contributed by atoms with E-state index in [1.807, 2.05) is 0 Å². The Kier molecular flexibility index (Phi) is 12.3.